The fourth-order valence-electron chi connectivity index (χ4n) is 3.86. The first kappa shape index (κ1) is 27.3. The zero-order valence-corrected chi connectivity index (χ0v) is 20.0. The van der Waals surface area contributed by atoms with Crippen molar-refractivity contribution < 1.29 is 14.6 Å². The van der Waals surface area contributed by atoms with Gasteiger partial charge in [-0.2, -0.15) is 0 Å². The molecule has 31 heavy (non-hydrogen) atoms. The molecule has 0 fully saturated rings. The molecule has 0 radical (unpaired) electrons. The molecule has 3 nitrogen and oxygen atoms in total. The summed E-state index contributed by atoms with van der Waals surface area (Å²) in [5.41, 5.74) is 0.868. The Morgan fingerprint density at radius 2 is 1.13 bits per heavy atom. The quantitative estimate of drug-likeness (QED) is 0.156. The number of ether oxygens (including phenoxy) is 1. The van der Waals surface area contributed by atoms with E-state index in [1.54, 1.807) is 6.08 Å². The first-order chi connectivity index (χ1) is 15.2. The lowest BCUT2D eigenvalue weighted by atomic mass is 10.0. The Kier molecular flexibility index (Phi) is 17.7. The topological polar surface area (TPSA) is 46.5 Å². The Morgan fingerprint density at radius 1 is 0.710 bits per heavy atom. The molecule has 0 atom stereocenters. The predicted molar refractivity (Wildman–Crippen MR) is 133 cm³/mol. The van der Waals surface area contributed by atoms with Crippen LogP contribution in [0.3, 0.4) is 0 Å². The van der Waals surface area contributed by atoms with E-state index in [0.717, 1.165) is 30.4 Å². The number of hydrogen-bond acceptors (Lipinski definition) is 2. The summed E-state index contributed by atoms with van der Waals surface area (Å²) in [6.07, 6.45) is 26.2. The maximum absolute atomic E-state index is 10.5. The standard InChI is InChI=1S/C28H46O3/c1-2-3-4-5-6-7-8-9-10-11-12-13-14-15-16-17-18-25-31-27-22-19-26(20-23-27)21-24-28(29)30/h19-24H,2-18,25H2,1H3,(H,29,30). The molecule has 1 rings (SSSR count). The highest BCUT2D eigenvalue weighted by atomic mass is 16.5. The van der Waals surface area contributed by atoms with Crippen molar-refractivity contribution in [2.24, 2.45) is 0 Å². The third-order valence-electron chi connectivity index (χ3n) is 5.82. The smallest absolute Gasteiger partial charge is 0.328 e. The third kappa shape index (κ3) is 17.6. The van der Waals surface area contributed by atoms with Gasteiger partial charge in [-0.3, -0.25) is 0 Å². The van der Waals surface area contributed by atoms with Gasteiger partial charge in [0.25, 0.3) is 0 Å². The maximum atomic E-state index is 10.5. The minimum atomic E-state index is -0.931. The molecule has 176 valence electrons. The second-order valence-corrected chi connectivity index (χ2v) is 8.75. The molecule has 0 saturated heterocycles. The summed E-state index contributed by atoms with van der Waals surface area (Å²) in [5.74, 6) is -0.0805. The van der Waals surface area contributed by atoms with Crippen LogP contribution in [0.2, 0.25) is 0 Å². The van der Waals surface area contributed by atoms with Gasteiger partial charge in [0, 0.05) is 6.08 Å². The predicted octanol–water partition coefficient (Wildman–Crippen LogP) is 8.81. The highest BCUT2D eigenvalue weighted by molar-refractivity contribution is 5.85. The molecule has 1 aromatic rings. The van der Waals surface area contributed by atoms with Crippen molar-refractivity contribution in [1.29, 1.82) is 0 Å². The van der Waals surface area contributed by atoms with Crippen molar-refractivity contribution in [3.05, 3.63) is 35.9 Å². The Morgan fingerprint density at radius 3 is 1.55 bits per heavy atom. The first-order valence-corrected chi connectivity index (χ1v) is 12.9. The molecule has 0 aromatic heterocycles. The summed E-state index contributed by atoms with van der Waals surface area (Å²) in [6.45, 7) is 3.04. The van der Waals surface area contributed by atoms with Crippen LogP contribution in [-0.2, 0) is 4.79 Å². The lowest BCUT2D eigenvalue weighted by Gasteiger charge is -2.06. The zero-order valence-electron chi connectivity index (χ0n) is 20.0. The molecule has 1 N–H and O–H groups in total. The molecular weight excluding hydrogens is 384 g/mol. The van der Waals surface area contributed by atoms with Crippen LogP contribution in [0.5, 0.6) is 5.75 Å². The van der Waals surface area contributed by atoms with Crippen molar-refractivity contribution in [3.8, 4) is 5.75 Å². The van der Waals surface area contributed by atoms with Gasteiger partial charge >= 0.3 is 5.97 Å². The molecule has 0 spiro atoms. The van der Waals surface area contributed by atoms with Gasteiger partial charge in [-0.15, -0.1) is 0 Å². The Balaban J connectivity index is 1.82. The Labute approximate surface area is 191 Å². The van der Waals surface area contributed by atoms with Crippen LogP contribution in [0.25, 0.3) is 6.08 Å². The molecule has 1 aromatic carbocycles. The Hall–Kier alpha value is -1.77. The van der Waals surface area contributed by atoms with Crippen LogP contribution in [0.4, 0.5) is 0 Å². The first-order valence-electron chi connectivity index (χ1n) is 12.9. The van der Waals surface area contributed by atoms with Gasteiger partial charge in [0.2, 0.25) is 0 Å². The molecule has 0 aliphatic carbocycles. The third-order valence-corrected chi connectivity index (χ3v) is 5.82. The number of carboxylic acids is 1. The highest BCUT2D eigenvalue weighted by Gasteiger charge is 1.97. The van der Waals surface area contributed by atoms with Crippen molar-refractivity contribution >= 4 is 12.0 Å². The van der Waals surface area contributed by atoms with Gasteiger partial charge in [0.05, 0.1) is 6.61 Å². The zero-order chi connectivity index (χ0) is 22.4. The van der Waals surface area contributed by atoms with E-state index in [0.29, 0.717) is 0 Å². The molecule has 3 heteroatoms. The van der Waals surface area contributed by atoms with E-state index in [-0.39, 0.29) is 0 Å². The molecule has 0 saturated carbocycles. The van der Waals surface area contributed by atoms with Gasteiger partial charge in [-0.1, -0.05) is 122 Å². The van der Waals surface area contributed by atoms with E-state index >= 15 is 0 Å². The summed E-state index contributed by atoms with van der Waals surface area (Å²) < 4.78 is 5.77. The summed E-state index contributed by atoms with van der Waals surface area (Å²) in [4.78, 5) is 10.5. The molecule has 0 unspecified atom stereocenters. The van der Waals surface area contributed by atoms with Crippen LogP contribution < -0.4 is 4.74 Å². The average molecular weight is 431 g/mol. The minimum absolute atomic E-state index is 0.753. The van der Waals surface area contributed by atoms with Gasteiger partial charge in [0.15, 0.2) is 0 Å². The van der Waals surface area contributed by atoms with Crippen molar-refractivity contribution in [2.45, 2.75) is 116 Å². The average Bonchev–Trinajstić information content (AvgIpc) is 2.77. The molecule has 0 aliphatic rings. The van der Waals surface area contributed by atoms with E-state index in [1.165, 1.54) is 103 Å². The van der Waals surface area contributed by atoms with E-state index in [9.17, 15) is 4.79 Å². The Bertz CT molecular complexity index is 562. The number of hydrogen-bond donors (Lipinski definition) is 1. The fraction of sp³-hybridized carbons (Fsp3) is 0.679. The SMILES string of the molecule is CCCCCCCCCCCCCCCCCCCOc1ccc(C=CC(=O)O)cc1. The second-order valence-electron chi connectivity index (χ2n) is 8.75. The summed E-state index contributed by atoms with van der Waals surface area (Å²) >= 11 is 0. The fourth-order valence-corrected chi connectivity index (χ4v) is 3.86. The van der Waals surface area contributed by atoms with Crippen LogP contribution in [0.1, 0.15) is 122 Å². The van der Waals surface area contributed by atoms with Gasteiger partial charge in [-0.25, -0.2) is 4.79 Å². The van der Waals surface area contributed by atoms with Gasteiger partial charge in [-0.05, 0) is 30.2 Å². The minimum Gasteiger partial charge on any atom is -0.494 e. The van der Waals surface area contributed by atoms with Crippen LogP contribution in [-0.4, -0.2) is 17.7 Å². The van der Waals surface area contributed by atoms with Gasteiger partial charge in [0.1, 0.15) is 5.75 Å². The highest BCUT2D eigenvalue weighted by Crippen LogP contribution is 2.16. The largest absolute Gasteiger partial charge is 0.494 e. The van der Waals surface area contributed by atoms with Crippen molar-refractivity contribution in [3.63, 3.8) is 0 Å². The van der Waals surface area contributed by atoms with E-state index in [2.05, 4.69) is 6.92 Å². The summed E-state index contributed by atoms with van der Waals surface area (Å²) in [5, 5.41) is 8.64. The number of unbranched alkanes of at least 4 members (excludes halogenated alkanes) is 16. The van der Waals surface area contributed by atoms with E-state index in [1.807, 2.05) is 24.3 Å². The lowest BCUT2D eigenvalue weighted by Crippen LogP contribution is -1.97. The summed E-state index contributed by atoms with van der Waals surface area (Å²) in [7, 11) is 0. The number of rotatable bonds is 21. The van der Waals surface area contributed by atoms with Crippen LogP contribution in [0.15, 0.2) is 30.3 Å². The molecular formula is C28H46O3. The van der Waals surface area contributed by atoms with Crippen LogP contribution in [0, 0.1) is 0 Å². The van der Waals surface area contributed by atoms with E-state index < -0.39 is 5.97 Å². The number of aliphatic carboxylic acids is 1. The van der Waals surface area contributed by atoms with E-state index in [4.69, 9.17) is 9.84 Å². The molecule has 0 aliphatic heterocycles. The second kappa shape index (κ2) is 20.2. The normalized spacial score (nSPS) is 11.3. The summed E-state index contributed by atoms with van der Waals surface area (Å²) in [6, 6.07) is 7.55. The number of carbonyl (C=O) groups is 1. The molecule has 0 bridgehead atoms. The lowest BCUT2D eigenvalue weighted by molar-refractivity contribution is -0.131. The molecule has 0 amide bonds. The van der Waals surface area contributed by atoms with Crippen LogP contribution >= 0.6 is 0 Å². The van der Waals surface area contributed by atoms with Crippen molar-refractivity contribution in [2.75, 3.05) is 6.61 Å². The number of carboxylic acid groups (broad SMARTS) is 1. The van der Waals surface area contributed by atoms with Crippen molar-refractivity contribution in [1.82, 2.24) is 0 Å². The maximum Gasteiger partial charge on any atom is 0.328 e. The molecule has 0 heterocycles. The monoisotopic (exact) mass is 430 g/mol. The van der Waals surface area contributed by atoms with Gasteiger partial charge < -0.3 is 9.84 Å². The number of benzene rings is 1.